The summed E-state index contributed by atoms with van der Waals surface area (Å²) in [4.78, 5) is 12.5. The van der Waals surface area contributed by atoms with Crippen LogP contribution in [0.4, 0.5) is 5.69 Å². The van der Waals surface area contributed by atoms with Gasteiger partial charge in [0, 0.05) is 11.6 Å². The molecule has 2 rings (SSSR count). The lowest BCUT2D eigenvalue weighted by Gasteiger charge is -2.28. The molecule has 6 nitrogen and oxygen atoms in total. The van der Waals surface area contributed by atoms with Gasteiger partial charge in [-0.1, -0.05) is 23.7 Å². The highest BCUT2D eigenvalue weighted by Gasteiger charge is 2.28. The molecule has 146 valence electrons. The minimum absolute atomic E-state index is 0.370. The van der Waals surface area contributed by atoms with E-state index in [0.717, 1.165) is 16.1 Å². The Kier molecular flexibility index (Phi) is 7.10. The number of amides is 1. The maximum absolute atomic E-state index is 12.5. The molecule has 0 aliphatic heterocycles. The zero-order chi connectivity index (χ0) is 20.0. The van der Waals surface area contributed by atoms with Gasteiger partial charge in [0.2, 0.25) is 15.9 Å². The molecule has 0 spiro atoms. The van der Waals surface area contributed by atoms with Crippen LogP contribution < -0.4 is 14.4 Å². The summed E-state index contributed by atoms with van der Waals surface area (Å²) in [6.45, 7) is 1.95. The number of sulfonamides is 1. The van der Waals surface area contributed by atoms with Crippen LogP contribution in [0.25, 0.3) is 0 Å². The van der Waals surface area contributed by atoms with Crippen LogP contribution in [0.3, 0.4) is 0 Å². The fourth-order valence-electron chi connectivity index (χ4n) is 2.67. The van der Waals surface area contributed by atoms with E-state index in [9.17, 15) is 13.2 Å². The Bertz CT molecular complexity index is 868. The number of hydrogen-bond acceptors (Lipinski definition) is 4. The van der Waals surface area contributed by atoms with Crippen molar-refractivity contribution in [1.82, 2.24) is 5.32 Å². The molecule has 0 heterocycles. The number of benzene rings is 2. The van der Waals surface area contributed by atoms with Gasteiger partial charge in [-0.15, -0.1) is 0 Å². The average molecular weight is 411 g/mol. The minimum Gasteiger partial charge on any atom is -0.497 e. The molecule has 0 aliphatic rings. The van der Waals surface area contributed by atoms with Crippen LogP contribution in [0.5, 0.6) is 5.75 Å². The van der Waals surface area contributed by atoms with E-state index in [-0.39, 0.29) is 5.91 Å². The Morgan fingerprint density at radius 1 is 1.15 bits per heavy atom. The van der Waals surface area contributed by atoms with E-state index < -0.39 is 16.1 Å². The normalized spacial score (nSPS) is 12.3. The summed E-state index contributed by atoms with van der Waals surface area (Å²) >= 11 is 5.85. The molecule has 27 heavy (non-hydrogen) atoms. The van der Waals surface area contributed by atoms with Crippen molar-refractivity contribution in [2.75, 3.05) is 24.2 Å². The molecule has 2 aromatic carbocycles. The number of methoxy groups -OCH3 is 1. The summed E-state index contributed by atoms with van der Waals surface area (Å²) in [6.07, 6.45) is 1.70. The lowest BCUT2D eigenvalue weighted by molar-refractivity contribution is -0.121. The first kappa shape index (κ1) is 21.1. The third kappa shape index (κ3) is 5.87. The van der Waals surface area contributed by atoms with Crippen LogP contribution in [-0.2, 0) is 21.2 Å². The van der Waals surface area contributed by atoms with Crippen LogP contribution in [0.15, 0.2) is 48.5 Å². The molecule has 1 amide bonds. The van der Waals surface area contributed by atoms with Gasteiger partial charge in [-0.3, -0.25) is 9.10 Å². The number of halogens is 1. The molecule has 0 saturated heterocycles. The molecule has 0 radical (unpaired) electrons. The third-order valence-electron chi connectivity index (χ3n) is 4.04. The van der Waals surface area contributed by atoms with E-state index in [2.05, 4.69) is 5.32 Å². The number of nitrogens with one attached hydrogen (secondary N) is 1. The second-order valence-corrected chi connectivity index (χ2v) is 8.40. The third-order valence-corrected chi connectivity index (χ3v) is 5.54. The number of anilines is 1. The van der Waals surface area contributed by atoms with E-state index in [0.29, 0.717) is 29.4 Å². The van der Waals surface area contributed by atoms with Crippen molar-refractivity contribution in [3.63, 3.8) is 0 Å². The smallest absolute Gasteiger partial charge is 0.243 e. The fourth-order valence-corrected chi connectivity index (χ4v) is 3.97. The first-order valence-corrected chi connectivity index (χ1v) is 10.6. The summed E-state index contributed by atoms with van der Waals surface area (Å²) in [5.74, 6) is 0.234. The summed E-state index contributed by atoms with van der Waals surface area (Å²) in [6, 6.07) is 13.0. The Balaban J connectivity index is 2.06. The second-order valence-electron chi connectivity index (χ2n) is 6.10. The topological polar surface area (TPSA) is 75.7 Å². The van der Waals surface area contributed by atoms with Gasteiger partial charge in [-0.05, 0) is 55.3 Å². The molecule has 8 heteroatoms. The molecule has 1 unspecified atom stereocenters. The van der Waals surface area contributed by atoms with Crippen molar-refractivity contribution in [3.8, 4) is 5.75 Å². The quantitative estimate of drug-likeness (QED) is 0.726. The average Bonchev–Trinajstić information content (AvgIpc) is 2.62. The molecule has 0 aliphatic carbocycles. The first-order chi connectivity index (χ1) is 12.7. The van der Waals surface area contributed by atoms with Crippen LogP contribution >= 0.6 is 11.6 Å². The van der Waals surface area contributed by atoms with E-state index in [1.54, 1.807) is 43.3 Å². The number of rotatable bonds is 8. The zero-order valence-electron chi connectivity index (χ0n) is 15.5. The molecule has 0 aromatic heterocycles. The van der Waals surface area contributed by atoms with Crippen LogP contribution in [0, 0.1) is 0 Å². The summed E-state index contributed by atoms with van der Waals surface area (Å²) < 4.78 is 30.7. The van der Waals surface area contributed by atoms with Crippen molar-refractivity contribution in [3.05, 3.63) is 59.1 Å². The van der Waals surface area contributed by atoms with Crippen molar-refractivity contribution >= 4 is 33.2 Å². The highest BCUT2D eigenvalue weighted by Crippen LogP contribution is 2.23. The predicted molar refractivity (Wildman–Crippen MR) is 108 cm³/mol. The molecular weight excluding hydrogens is 388 g/mol. The Labute approximate surface area is 165 Å². The number of ether oxygens (including phenoxy) is 1. The first-order valence-electron chi connectivity index (χ1n) is 8.38. The van der Waals surface area contributed by atoms with Gasteiger partial charge in [-0.25, -0.2) is 8.42 Å². The van der Waals surface area contributed by atoms with Gasteiger partial charge >= 0.3 is 0 Å². The van der Waals surface area contributed by atoms with Crippen LogP contribution in [0.1, 0.15) is 12.5 Å². The number of nitrogens with zero attached hydrogens (tertiary/aromatic N) is 1. The van der Waals surface area contributed by atoms with E-state index in [4.69, 9.17) is 16.3 Å². The molecule has 1 atom stereocenters. The van der Waals surface area contributed by atoms with E-state index in [1.807, 2.05) is 12.1 Å². The zero-order valence-corrected chi connectivity index (χ0v) is 17.0. The molecule has 0 fully saturated rings. The van der Waals surface area contributed by atoms with Gasteiger partial charge in [0.25, 0.3) is 0 Å². The maximum Gasteiger partial charge on any atom is 0.243 e. The molecule has 0 saturated carbocycles. The SMILES string of the molecule is COc1ccc(N(C(C)C(=O)NCCc2ccc(Cl)cc2)S(C)(=O)=O)cc1. The summed E-state index contributed by atoms with van der Waals surface area (Å²) in [7, 11) is -2.12. The highest BCUT2D eigenvalue weighted by atomic mass is 35.5. The van der Waals surface area contributed by atoms with Gasteiger partial charge in [0.05, 0.1) is 19.1 Å². The van der Waals surface area contributed by atoms with Crippen molar-refractivity contribution in [1.29, 1.82) is 0 Å². The lowest BCUT2D eigenvalue weighted by atomic mass is 10.1. The molecule has 0 bridgehead atoms. The van der Waals surface area contributed by atoms with Gasteiger partial charge < -0.3 is 10.1 Å². The van der Waals surface area contributed by atoms with E-state index >= 15 is 0 Å². The fraction of sp³-hybridized carbons (Fsp3) is 0.316. The monoisotopic (exact) mass is 410 g/mol. The van der Waals surface area contributed by atoms with Gasteiger partial charge in [0.15, 0.2) is 0 Å². The van der Waals surface area contributed by atoms with Crippen LogP contribution in [-0.4, -0.2) is 40.3 Å². The van der Waals surface area contributed by atoms with Crippen molar-refractivity contribution < 1.29 is 17.9 Å². The second kappa shape index (κ2) is 9.10. The van der Waals surface area contributed by atoms with Crippen molar-refractivity contribution in [2.45, 2.75) is 19.4 Å². The Morgan fingerprint density at radius 3 is 2.26 bits per heavy atom. The van der Waals surface area contributed by atoms with Crippen molar-refractivity contribution in [2.24, 2.45) is 0 Å². The standard InChI is InChI=1S/C19H23ClN2O4S/c1-14(19(23)21-13-12-15-4-6-16(20)7-5-15)22(27(3,24)25)17-8-10-18(26-2)11-9-17/h4-11,14H,12-13H2,1-3H3,(H,21,23). The molecule has 1 N–H and O–H groups in total. The molecule has 2 aromatic rings. The van der Waals surface area contributed by atoms with Crippen LogP contribution in [0.2, 0.25) is 5.02 Å². The lowest BCUT2D eigenvalue weighted by Crippen LogP contribution is -2.48. The number of carbonyl (C=O) groups is 1. The number of carbonyl (C=O) groups excluding carboxylic acids is 1. The number of hydrogen-bond donors (Lipinski definition) is 1. The Hall–Kier alpha value is -2.25. The van der Waals surface area contributed by atoms with Gasteiger partial charge in [-0.2, -0.15) is 0 Å². The minimum atomic E-state index is -3.65. The predicted octanol–water partition coefficient (Wildman–Crippen LogP) is 2.86. The Morgan fingerprint density at radius 2 is 1.74 bits per heavy atom. The summed E-state index contributed by atoms with van der Waals surface area (Å²) in [5.41, 5.74) is 1.43. The van der Waals surface area contributed by atoms with Gasteiger partial charge in [0.1, 0.15) is 11.8 Å². The molecular formula is C19H23ClN2O4S. The maximum atomic E-state index is 12.5. The largest absolute Gasteiger partial charge is 0.497 e. The van der Waals surface area contributed by atoms with E-state index in [1.165, 1.54) is 7.11 Å². The highest BCUT2D eigenvalue weighted by molar-refractivity contribution is 7.92. The summed E-state index contributed by atoms with van der Waals surface area (Å²) in [5, 5.41) is 3.44.